The molecule has 0 spiro atoms. The third kappa shape index (κ3) is 4.28. The van der Waals surface area contributed by atoms with Gasteiger partial charge >= 0.3 is 0 Å². The van der Waals surface area contributed by atoms with Crippen LogP contribution in [0.4, 0.5) is 5.69 Å². The van der Waals surface area contributed by atoms with Crippen LogP contribution in [0.2, 0.25) is 0 Å². The van der Waals surface area contributed by atoms with Crippen molar-refractivity contribution in [3.05, 3.63) is 59.7 Å². The summed E-state index contributed by atoms with van der Waals surface area (Å²) in [6.45, 7) is 2.78. The fourth-order valence-corrected chi connectivity index (χ4v) is 2.24. The second kappa shape index (κ2) is 6.96. The maximum Gasteiger partial charge on any atom is 0.115 e. The molecule has 0 saturated heterocycles. The van der Waals surface area contributed by atoms with Gasteiger partial charge in [0.2, 0.25) is 0 Å². The molecule has 0 aliphatic rings. The van der Waals surface area contributed by atoms with Crippen molar-refractivity contribution in [3.8, 4) is 5.75 Å². The maximum atomic E-state index is 9.28. The van der Waals surface area contributed by atoms with Gasteiger partial charge in [-0.2, -0.15) is 0 Å². The summed E-state index contributed by atoms with van der Waals surface area (Å²) in [5.41, 5.74) is 3.47. The Bertz CT molecular complexity index is 537. The molecule has 3 nitrogen and oxygen atoms in total. The van der Waals surface area contributed by atoms with Crippen molar-refractivity contribution in [2.75, 3.05) is 12.4 Å². The molecule has 2 aromatic rings. The van der Waals surface area contributed by atoms with Crippen molar-refractivity contribution in [2.24, 2.45) is 0 Å². The van der Waals surface area contributed by atoms with Crippen molar-refractivity contribution in [2.45, 2.75) is 26.0 Å². The molecule has 2 aromatic carbocycles. The van der Waals surface area contributed by atoms with Crippen LogP contribution in [0.3, 0.4) is 0 Å². The number of rotatable bonds is 6. The van der Waals surface area contributed by atoms with Gasteiger partial charge in [0.1, 0.15) is 5.75 Å². The summed E-state index contributed by atoms with van der Waals surface area (Å²) >= 11 is 0. The number of ether oxygens (including phenoxy) is 1. The van der Waals surface area contributed by atoms with Gasteiger partial charge in [0.05, 0.1) is 6.61 Å². The van der Waals surface area contributed by atoms with Gasteiger partial charge < -0.3 is 15.2 Å². The number of hydrogen-bond donors (Lipinski definition) is 2. The van der Waals surface area contributed by atoms with Crippen LogP contribution in [0.25, 0.3) is 0 Å². The van der Waals surface area contributed by atoms with Gasteiger partial charge in [0, 0.05) is 18.8 Å². The van der Waals surface area contributed by atoms with Crippen molar-refractivity contribution in [3.63, 3.8) is 0 Å². The van der Waals surface area contributed by atoms with E-state index < -0.39 is 0 Å². The van der Waals surface area contributed by atoms with Crippen LogP contribution in [0.15, 0.2) is 48.5 Å². The van der Waals surface area contributed by atoms with E-state index in [1.807, 2.05) is 18.2 Å². The predicted octanol–water partition coefficient (Wildman–Crippen LogP) is 3.58. The number of phenols is 1. The van der Waals surface area contributed by atoms with E-state index in [9.17, 15) is 5.11 Å². The summed E-state index contributed by atoms with van der Waals surface area (Å²) in [5, 5.41) is 12.8. The van der Waals surface area contributed by atoms with Crippen LogP contribution in [0.1, 0.15) is 18.1 Å². The molecular formula is C17H21NO2. The average Bonchev–Trinajstić information content (AvgIpc) is 2.42. The number of phenolic OH excluding ortho intramolecular Hbond substituents is 1. The lowest BCUT2D eigenvalue weighted by atomic mass is 10.1. The molecule has 0 heterocycles. The largest absolute Gasteiger partial charge is 0.508 e. The van der Waals surface area contributed by atoms with Gasteiger partial charge in [0.25, 0.3) is 0 Å². The molecule has 2 rings (SSSR count). The molecule has 20 heavy (non-hydrogen) atoms. The molecule has 0 aliphatic carbocycles. The highest BCUT2D eigenvalue weighted by Gasteiger charge is 2.04. The third-order valence-electron chi connectivity index (χ3n) is 3.13. The van der Waals surface area contributed by atoms with Gasteiger partial charge in [-0.25, -0.2) is 0 Å². The molecule has 0 bridgehead atoms. The molecule has 0 fully saturated rings. The standard InChI is InChI=1S/C17H21NO2/c1-13(10-14-6-8-17(19)9-7-14)18-16-5-3-4-15(11-16)12-20-2/h3-9,11,13,18-19H,10,12H2,1-2H3. The number of benzene rings is 2. The van der Waals surface area contributed by atoms with Gasteiger partial charge in [-0.15, -0.1) is 0 Å². The molecular weight excluding hydrogens is 250 g/mol. The minimum absolute atomic E-state index is 0.307. The van der Waals surface area contributed by atoms with E-state index in [0.717, 1.165) is 17.7 Å². The van der Waals surface area contributed by atoms with Crippen LogP contribution < -0.4 is 5.32 Å². The Kier molecular flexibility index (Phi) is 5.02. The monoisotopic (exact) mass is 271 g/mol. The van der Waals surface area contributed by atoms with Gasteiger partial charge in [-0.05, 0) is 48.7 Å². The minimum atomic E-state index is 0.307. The van der Waals surface area contributed by atoms with E-state index >= 15 is 0 Å². The Morgan fingerprint density at radius 3 is 2.55 bits per heavy atom. The summed E-state index contributed by atoms with van der Waals surface area (Å²) in [4.78, 5) is 0. The van der Waals surface area contributed by atoms with Gasteiger partial charge in [0.15, 0.2) is 0 Å². The van der Waals surface area contributed by atoms with E-state index in [1.54, 1.807) is 19.2 Å². The van der Waals surface area contributed by atoms with Gasteiger partial charge in [-0.3, -0.25) is 0 Å². The number of methoxy groups -OCH3 is 1. The zero-order chi connectivity index (χ0) is 14.4. The van der Waals surface area contributed by atoms with Crippen LogP contribution in [0, 0.1) is 0 Å². The second-order valence-electron chi connectivity index (χ2n) is 5.05. The maximum absolute atomic E-state index is 9.28. The first-order valence-corrected chi connectivity index (χ1v) is 6.79. The Morgan fingerprint density at radius 1 is 1.10 bits per heavy atom. The summed E-state index contributed by atoms with van der Waals surface area (Å²) in [5.74, 6) is 0.307. The first-order chi connectivity index (χ1) is 9.67. The Balaban J connectivity index is 1.95. The number of nitrogens with one attached hydrogen (secondary N) is 1. The van der Waals surface area contributed by atoms with Crippen LogP contribution in [0.5, 0.6) is 5.75 Å². The summed E-state index contributed by atoms with van der Waals surface area (Å²) in [7, 11) is 1.70. The third-order valence-corrected chi connectivity index (χ3v) is 3.13. The van der Waals surface area contributed by atoms with Gasteiger partial charge in [-0.1, -0.05) is 24.3 Å². The first-order valence-electron chi connectivity index (χ1n) is 6.79. The van der Waals surface area contributed by atoms with E-state index in [2.05, 4.69) is 30.4 Å². The molecule has 0 amide bonds. The van der Waals surface area contributed by atoms with Crippen LogP contribution >= 0.6 is 0 Å². The van der Waals surface area contributed by atoms with Crippen LogP contribution in [-0.4, -0.2) is 18.3 Å². The van der Waals surface area contributed by atoms with E-state index in [0.29, 0.717) is 18.4 Å². The summed E-state index contributed by atoms with van der Waals surface area (Å²) in [6, 6.07) is 15.9. The summed E-state index contributed by atoms with van der Waals surface area (Å²) < 4.78 is 5.14. The second-order valence-corrected chi connectivity index (χ2v) is 5.05. The molecule has 1 unspecified atom stereocenters. The Labute approximate surface area is 120 Å². The van der Waals surface area contributed by atoms with E-state index in [-0.39, 0.29) is 0 Å². The lowest BCUT2D eigenvalue weighted by molar-refractivity contribution is 0.185. The van der Waals surface area contributed by atoms with Crippen molar-refractivity contribution in [1.29, 1.82) is 0 Å². The highest BCUT2D eigenvalue weighted by Crippen LogP contribution is 2.15. The fourth-order valence-electron chi connectivity index (χ4n) is 2.24. The van der Waals surface area contributed by atoms with Crippen LogP contribution in [-0.2, 0) is 17.8 Å². The van der Waals surface area contributed by atoms with Crippen molar-refractivity contribution in [1.82, 2.24) is 0 Å². The van der Waals surface area contributed by atoms with Crippen molar-refractivity contribution >= 4 is 5.69 Å². The highest BCUT2D eigenvalue weighted by atomic mass is 16.5. The van der Waals surface area contributed by atoms with E-state index in [4.69, 9.17) is 4.74 Å². The first kappa shape index (κ1) is 14.4. The topological polar surface area (TPSA) is 41.5 Å². The van der Waals surface area contributed by atoms with E-state index in [1.165, 1.54) is 5.56 Å². The molecule has 0 radical (unpaired) electrons. The quantitative estimate of drug-likeness (QED) is 0.843. The molecule has 0 saturated carbocycles. The number of anilines is 1. The smallest absolute Gasteiger partial charge is 0.115 e. The molecule has 3 heteroatoms. The predicted molar refractivity (Wildman–Crippen MR) is 82.1 cm³/mol. The molecule has 0 aromatic heterocycles. The Hall–Kier alpha value is -2.00. The highest BCUT2D eigenvalue weighted by molar-refractivity contribution is 5.46. The Morgan fingerprint density at radius 2 is 1.85 bits per heavy atom. The molecule has 1 atom stereocenters. The summed E-state index contributed by atoms with van der Waals surface area (Å²) in [6.07, 6.45) is 0.911. The normalized spacial score (nSPS) is 12.1. The zero-order valence-electron chi connectivity index (χ0n) is 12.0. The molecule has 2 N–H and O–H groups in total. The molecule has 106 valence electrons. The SMILES string of the molecule is COCc1cccc(NC(C)Cc2ccc(O)cc2)c1. The van der Waals surface area contributed by atoms with Crippen molar-refractivity contribution < 1.29 is 9.84 Å². The molecule has 0 aliphatic heterocycles. The fraction of sp³-hybridized carbons (Fsp3) is 0.294. The zero-order valence-corrected chi connectivity index (χ0v) is 12.0. The number of hydrogen-bond acceptors (Lipinski definition) is 3. The number of aromatic hydroxyl groups is 1. The average molecular weight is 271 g/mol. The minimum Gasteiger partial charge on any atom is -0.508 e. The lowest BCUT2D eigenvalue weighted by Gasteiger charge is -2.16. The lowest BCUT2D eigenvalue weighted by Crippen LogP contribution is -2.18.